The van der Waals surface area contributed by atoms with E-state index in [0.29, 0.717) is 11.5 Å². The smallest absolute Gasteiger partial charge is 0.329 e. The molecule has 0 saturated heterocycles. The fourth-order valence-electron chi connectivity index (χ4n) is 1.58. The minimum Gasteiger partial charge on any atom is -0.391 e. The van der Waals surface area contributed by atoms with Gasteiger partial charge in [0.25, 0.3) is 0 Å². The molecule has 0 N–H and O–H groups in total. The van der Waals surface area contributed by atoms with E-state index in [0.717, 1.165) is 0 Å². The lowest BCUT2D eigenvalue weighted by molar-refractivity contribution is 0.0289. The lowest BCUT2D eigenvalue weighted by Gasteiger charge is -2.36. The first-order chi connectivity index (χ1) is 7.46. The van der Waals surface area contributed by atoms with Crippen molar-refractivity contribution in [2.75, 3.05) is 0 Å². The maximum Gasteiger partial charge on any atom is 0.329 e. The zero-order valence-electron chi connectivity index (χ0n) is 12.8. The van der Waals surface area contributed by atoms with Gasteiger partial charge in [-0.15, -0.1) is 6.58 Å². The standard InChI is InChI=1S/C14H30O2Si/c1-10-12(11(2)3)17(15-13(4,5)6)16-14(7,8)9/h10-12,17H,1H2,2-9H3. The zero-order valence-corrected chi connectivity index (χ0v) is 14.0. The van der Waals surface area contributed by atoms with Gasteiger partial charge < -0.3 is 8.85 Å². The van der Waals surface area contributed by atoms with Crippen LogP contribution in [-0.4, -0.2) is 20.5 Å². The van der Waals surface area contributed by atoms with Crippen LogP contribution < -0.4 is 0 Å². The molecule has 0 saturated carbocycles. The molecule has 0 aromatic rings. The molecule has 3 heteroatoms. The second-order valence-corrected chi connectivity index (χ2v) is 8.86. The molecule has 1 unspecified atom stereocenters. The molecule has 0 aromatic heterocycles. The highest BCUT2D eigenvalue weighted by molar-refractivity contribution is 6.47. The molecule has 1 atom stereocenters. The van der Waals surface area contributed by atoms with Crippen LogP contribution in [0.5, 0.6) is 0 Å². The normalized spacial score (nSPS) is 15.4. The van der Waals surface area contributed by atoms with Crippen molar-refractivity contribution >= 4 is 9.28 Å². The van der Waals surface area contributed by atoms with E-state index in [2.05, 4.69) is 62.0 Å². The minimum absolute atomic E-state index is 0.154. The van der Waals surface area contributed by atoms with E-state index >= 15 is 0 Å². The third kappa shape index (κ3) is 7.74. The van der Waals surface area contributed by atoms with E-state index in [4.69, 9.17) is 8.85 Å². The van der Waals surface area contributed by atoms with Crippen molar-refractivity contribution in [3.63, 3.8) is 0 Å². The molecule has 0 aromatic carbocycles. The molecule has 17 heavy (non-hydrogen) atoms. The van der Waals surface area contributed by atoms with Gasteiger partial charge in [-0.05, 0) is 47.5 Å². The van der Waals surface area contributed by atoms with Crippen LogP contribution in [0.15, 0.2) is 12.7 Å². The Bertz CT molecular complexity index is 220. The molecular formula is C14H30O2Si. The molecule has 0 spiro atoms. The second-order valence-electron chi connectivity index (χ2n) is 6.89. The summed E-state index contributed by atoms with van der Waals surface area (Å²) < 4.78 is 12.3. The van der Waals surface area contributed by atoms with E-state index in [1.165, 1.54) is 0 Å². The third-order valence-corrected chi connectivity index (χ3v) is 5.84. The van der Waals surface area contributed by atoms with Crippen molar-refractivity contribution in [2.45, 2.75) is 72.1 Å². The maximum atomic E-state index is 6.17. The van der Waals surface area contributed by atoms with Gasteiger partial charge in [-0.25, -0.2) is 0 Å². The Kier molecular flexibility index (Phi) is 6.12. The molecule has 0 rings (SSSR count). The highest BCUT2D eigenvalue weighted by atomic mass is 28.3. The van der Waals surface area contributed by atoms with Crippen molar-refractivity contribution in [3.8, 4) is 0 Å². The fraction of sp³-hybridized carbons (Fsp3) is 0.857. The van der Waals surface area contributed by atoms with Crippen molar-refractivity contribution in [3.05, 3.63) is 12.7 Å². The first-order valence-electron chi connectivity index (χ1n) is 6.44. The molecule has 0 fully saturated rings. The molecule has 0 aliphatic heterocycles. The summed E-state index contributed by atoms with van der Waals surface area (Å²) >= 11 is 0. The molecule has 0 aliphatic rings. The summed E-state index contributed by atoms with van der Waals surface area (Å²) in [6, 6.07) is 0. The third-order valence-electron chi connectivity index (χ3n) is 2.30. The summed E-state index contributed by atoms with van der Waals surface area (Å²) in [4.78, 5) is 0. The Hall–Kier alpha value is -0.123. The maximum absolute atomic E-state index is 6.17. The lowest BCUT2D eigenvalue weighted by atomic mass is 10.1. The van der Waals surface area contributed by atoms with Crippen LogP contribution in [0, 0.1) is 5.92 Å². The van der Waals surface area contributed by atoms with Crippen LogP contribution in [0.3, 0.4) is 0 Å². The van der Waals surface area contributed by atoms with E-state index in [9.17, 15) is 0 Å². The van der Waals surface area contributed by atoms with Gasteiger partial charge in [0, 0.05) is 16.7 Å². The van der Waals surface area contributed by atoms with Crippen molar-refractivity contribution in [2.24, 2.45) is 5.92 Å². The zero-order chi connectivity index (χ0) is 13.9. The topological polar surface area (TPSA) is 18.5 Å². The Morgan fingerprint density at radius 2 is 1.29 bits per heavy atom. The monoisotopic (exact) mass is 258 g/mol. The van der Waals surface area contributed by atoms with Crippen LogP contribution in [-0.2, 0) is 8.85 Å². The quantitative estimate of drug-likeness (QED) is 0.547. The SMILES string of the molecule is C=CC(C(C)C)[SiH](OC(C)(C)C)OC(C)(C)C. The van der Waals surface area contributed by atoms with Gasteiger partial charge in [0.15, 0.2) is 0 Å². The van der Waals surface area contributed by atoms with E-state index in [1.54, 1.807) is 0 Å². The predicted octanol–water partition coefficient (Wildman–Crippen LogP) is 4.05. The largest absolute Gasteiger partial charge is 0.391 e. The van der Waals surface area contributed by atoms with E-state index in [-0.39, 0.29) is 11.2 Å². The highest BCUT2D eigenvalue weighted by Gasteiger charge is 2.33. The van der Waals surface area contributed by atoms with Gasteiger partial charge in [-0.1, -0.05) is 19.9 Å². The molecule has 102 valence electrons. The summed E-state index contributed by atoms with van der Waals surface area (Å²) in [5.74, 6) is 0.508. The summed E-state index contributed by atoms with van der Waals surface area (Å²) in [5, 5.41) is 0. The van der Waals surface area contributed by atoms with Crippen LogP contribution in [0.4, 0.5) is 0 Å². The van der Waals surface area contributed by atoms with Gasteiger partial charge in [-0.3, -0.25) is 0 Å². The lowest BCUT2D eigenvalue weighted by Crippen LogP contribution is -2.42. The molecule has 0 aliphatic carbocycles. The average molecular weight is 258 g/mol. The second kappa shape index (κ2) is 6.16. The average Bonchev–Trinajstić information content (AvgIpc) is 1.96. The van der Waals surface area contributed by atoms with Crippen molar-refractivity contribution in [1.29, 1.82) is 0 Å². The van der Waals surface area contributed by atoms with E-state index < -0.39 is 9.28 Å². The minimum atomic E-state index is -1.77. The fourth-order valence-corrected chi connectivity index (χ4v) is 4.18. The summed E-state index contributed by atoms with van der Waals surface area (Å²) in [5.41, 5.74) is 0.0322. The summed E-state index contributed by atoms with van der Waals surface area (Å²) in [7, 11) is -1.77. The van der Waals surface area contributed by atoms with Gasteiger partial charge in [-0.2, -0.15) is 0 Å². The molecule has 2 nitrogen and oxygen atoms in total. The number of allylic oxidation sites excluding steroid dienone is 1. The van der Waals surface area contributed by atoms with Gasteiger partial charge in [0.05, 0.1) is 0 Å². The predicted molar refractivity (Wildman–Crippen MR) is 77.6 cm³/mol. The number of hydrogen-bond acceptors (Lipinski definition) is 2. The van der Waals surface area contributed by atoms with Gasteiger partial charge in [0.1, 0.15) is 0 Å². The van der Waals surface area contributed by atoms with Gasteiger partial charge >= 0.3 is 9.28 Å². The van der Waals surface area contributed by atoms with Crippen molar-refractivity contribution < 1.29 is 8.85 Å². The Morgan fingerprint density at radius 1 is 0.941 bits per heavy atom. The summed E-state index contributed by atoms with van der Waals surface area (Å²) in [6.07, 6.45) is 2.00. The molecular weight excluding hydrogens is 228 g/mol. The molecule has 0 bridgehead atoms. The van der Waals surface area contributed by atoms with Crippen LogP contribution >= 0.6 is 0 Å². The number of rotatable bonds is 5. The highest BCUT2D eigenvalue weighted by Crippen LogP contribution is 2.29. The summed E-state index contributed by atoms with van der Waals surface area (Å²) in [6.45, 7) is 20.8. The molecule has 0 heterocycles. The first kappa shape index (κ1) is 16.9. The number of hydrogen-bond donors (Lipinski definition) is 0. The van der Waals surface area contributed by atoms with Crippen LogP contribution in [0.25, 0.3) is 0 Å². The van der Waals surface area contributed by atoms with E-state index in [1.807, 2.05) is 6.08 Å². The van der Waals surface area contributed by atoms with Crippen LogP contribution in [0.1, 0.15) is 55.4 Å². The Balaban J connectivity index is 4.89. The molecule has 0 amide bonds. The first-order valence-corrected chi connectivity index (χ1v) is 8.05. The van der Waals surface area contributed by atoms with Crippen molar-refractivity contribution in [1.82, 2.24) is 0 Å². The molecule has 0 radical (unpaired) electrons. The Labute approximate surface area is 109 Å². The van der Waals surface area contributed by atoms with Gasteiger partial charge in [0.2, 0.25) is 0 Å². The van der Waals surface area contributed by atoms with Crippen LogP contribution in [0.2, 0.25) is 5.54 Å². The Morgan fingerprint density at radius 3 is 1.47 bits per heavy atom.